The summed E-state index contributed by atoms with van der Waals surface area (Å²) in [6.45, 7) is 7.80. The van der Waals surface area contributed by atoms with E-state index in [1.54, 1.807) is 0 Å². The van der Waals surface area contributed by atoms with Crippen molar-refractivity contribution in [1.29, 1.82) is 0 Å². The van der Waals surface area contributed by atoms with E-state index >= 15 is 0 Å². The molecule has 3 aromatic rings. The lowest BCUT2D eigenvalue weighted by atomic mass is 10.1. The normalized spacial score (nSPS) is 11.3. The van der Waals surface area contributed by atoms with Gasteiger partial charge in [-0.15, -0.1) is 11.3 Å². The molecule has 156 valence electrons. The molecule has 1 amide bonds. The number of hydrogen-bond donors (Lipinski definition) is 1. The Morgan fingerprint density at radius 2 is 1.86 bits per heavy atom. The van der Waals surface area contributed by atoms with Gasteiger partial charge in [0, 0.05) is 36.0 Å². The molecule has 0 atom stereocenters. The first-order chi connectivity index (χ1) is 14.1. The first-order valence-electron chi connectivity index (χ1n) is 9.83. The first kappa shape index (κ1) is 21.3. The Labute approximate surface area is 174 Å². The largest absolute Gasteiger partial charge is 0.494 e. The first-order valence-corrected chi connectivity index (χ1v) is 10.7. The minimum Gasteiger partial charge on any atom is -0.494 e. The standard InChI is InChI=1S/C21H27N3O4S/c1-4-26-17-9-7-15(8-10-17)18-13-24-16(14-29-21(24)23-18)11-19(25)22-12-20(27-5-2)28-6-3/h7-10,13-14,20H,4-6,11-12H2,1-3H3,(H,22,25). The van der Waals surface area contributed by atoms with E-state index in [0.717, 1.165) is 27.7 Å². The number of ether oxygens (including phenoxy) is 3. The van der Waals surface area contributed by atoms with E-state index < -0.39 is 6.29 Å². The minimum absolute atomic E-state index is 0.0783. The predicted molar refractivity (Wildman–Crippen MR) is 113 cm³/mol. The van der Waals surface area contributed by atoms with Crippen molar-refractivity contribution in [1.82, 2.24) is 14.7 Å². The number of benzene rings is 1. The molecule has 29 heavy (non-hydrogen) atoms. The molecule has 0 spiro atoms. The van der Waals surface area contributed by atoms with Gasteiger partial charge in [-0.05, 0) is 45.0 Å². The lowest BCUT2D eigenvalue weighted by Crippen LogP contribution is -2.36. The average molecular weight is 418 g/mol. The third kappa shape index (κ3) is 5.56. The van der Waals surface area contributed by atoms with Crippen LogP contribution in [0.1, 0.15) is 26.5 Å². The van der Waals surface area contributed by atoms with Gasteiger partial charge in [0.25, 0.3) is 0 Å². The van der Waals surface area contributed by atoms with Crippen LogP contribution < -0.4 is 10.1 Å². The Hall–Kier alpha value is -2.42. The van der Waals surface area contributed by atoms with E-state index in [1.165, 1.54) is 11.3 Å². The van der Waals surface area contributed by atoms with E-state index in [9.17, 15) is 4.79 Å². The molecule has 2 aromatic heterocycles. The van der Waals surface area contributed by atoms with Crippen molar-refractivity contribution in [2.24, 2.45) is 0 Å². The van der Waals surface area contributed by atoms with Crippen molar-refractivity contribution >= 4 is 22.2 Å². The molecule has 1 N–H and O–H groups in total. The molecular weight excluding hydrogens is 390 g/mol. The van der Waals surface area contributed by atoms with Gasteiger partial charge in [0.1, 0.15) is 5.75 Å². The molecule has 0 unspecified atom stereocenters. The van der Waals surface area contributed by atoms with Gasteiger partial charge in [0.2, 0.25) is 5.91 Å². The van der Waals surface area contributed by atoms with Crippen LogP contribution in [0.2, 0.25) is 0 Å². The van der Waals surface area contributed by atoms with Gasteiger partial charge in [-0.25, -0.2) is 4.98 Å². The molecule has 2 heterocycles. The van der Waals surface area contributed by atoms with Crippen molar-refractivity contribution in [3.05, 3.63) is 41.5 Å². The highest BCUT2D eigenvalue weighted by atomic mass is 32.1. The van der Waals surface area contributed by atoms with Crippen LogP contribution in [-0.4, -0.2) is 47.9 Å². The quantitative estimate of drug-likeness (QED) is 0.483. The number of amides is 1. The Kier molecular flexibility index (Phi) is 7.62. The summed E-state index contributed by atoms with van der Waals surface area (Å²) >= 11 is 1.52. The molecule has 8 heteroatoms. The van der Waals surface area contributed by atoms with Gasteiger partial charge in [-0.2, -0.15) is 0 Å². The zero-order chi connectivity index (χ0) is 20.6. The smallest absolute Gasteiger partial charge is 0.226 e. The summed E-state index contributed by atoms with van der Waals surface area (Å²) in [5.41, 5.74) is 2.78. The van der Waals surface area contributed by atoms with Gasteiger partial charge in [-0.1, -0.05) is 0 Å². The second kappa shape index (κ2) is 10.4. The summed E-state index contributed by atoms with van der Waals surface area (Å²) in [5.74, 6) is 0.762. The number of thiazole rings is 1. The van der Waals surface area contributed by atoms with Gasteiger partial charge >= 0.3 is 0 Å². The molecule has 0 saturated heterocycles. The molecule has 0 bridgehead atoms. The molecule has 1 aromatic carbocycles. The molecule has 0 aliphatic heterocycles. The Bertz CT molecular complexity index is 914. The van der Waals surface area contributed by atoms with Crippen molar-refractivity contribution in [3.63, 3.8) is 0 Å². The van der Waals surface area contributed by atoms with Crippen molar-refractivity contribution < 1.29 is 19.0 Å². The number of carbonyl (C=O) groups is 1. The van der Waals surface area contributed by atoms with E-state index in [4.69, 9.17) is 14.2 Å². The molecule has 3 rings (SSSR count). The van der Waals surface area contributed by atoms with E-state index in [0.29, 0.717) is 26.4 Å². The zero-order valence-corrected chi connectivity index (χ0v) is 17.8. The lowest BCUT2D eigenvalue weighted by Gasteiger charge is -2.17. The molecule has 0 fully saturated rings. The number of rotatable bonds is 11. The topological polar surface area (TPSA) is 74.1 Å². The molecule has 0 saturated carbocycles. The highest BCUT2D eigenvalue weighted by Crippen LogP contribution is 2.25. The molecular formula is C21H27N3O4S. The maximum atomic E-state index is 12.4. The number of imidazole rings is 1. The molecule has 0 radical (unpaired) electrons. The molecule has 7 nitrogen and oxygen atoms in total. The second-order valence-electron chi connectivity index (χ2n) is 6.28. The third-order valence-corrected chi connectivity index (χ3v) is 5.15. The number of fused-ring (bicyclic) bond motifs is 1. The number of hydrogen-bond acceptors (Lipinski definition) is 6. The van der Waals surface area contributed by atoms with Crippen molar-refractivity contribution in [2.45, 2.75) is 33.5 Å². The van der Waals surface area contributed by atoms with E-state index in [2.05, 4.69) is 10.3 Å². The highest BCUT2D eigenvalue weighted by Gasteiger charge is 2.14. The Balaban J connectivity index is 1.65. The summed E-state index contributed by atoms with van der Waals surface area (Å²) < 4.78 is 18.4. The predicted octanol–water partition coefficient (Wildman–Crippen LogP) is 3.52. The van der Waals surface area contributed by atoms with E-state index in [1.807, 2.05) is 61.0 Å². The van der Waals surface area contributed by atoms with Gasteiger partial charge < -0.3 is 19.5 Å². The van der Waals surface area contributed by atoms with Crippen molar-refractivity contribution in [2.75, 3.05) is 26.4 Å². The van der Waals surface area contributed by atoms with Crippen LogP contribution in [-0.2, 0) is 20.7 Å². The zero-order valence-electron chi connectivity index (χ0n) is 17.0. The van der Waals surface area contributed by atoms with Crippen molar-refractivity contribution in [3.8, 4) is 17.0 Å². The number of aromatic nitrogens is 2. The van der Waals surface area contributed by atoms with Crippen LogP contribution in [0, 0.1) is 0 Å². The van der Waals surface area contributed by atoms with Crippen LogP contribution in [0.4, 0.5) is 0 Å². The molecule has 0 aliphatic carbocycles. The fourth-order valence-electron chi connectivity index (χ4n) is 2.95. The van der Waals surface area contributed by atoms with Gasteiger partial charge in [0.05, 0.1) is 25.3 Å². The summed E-state index contributed by atoms with van der Waals surface area (Å²) in [5, 5.41) is 4.84. The Morgan fingerprint density at radius 1 is 1.14 bits per heavy atom. The highest BCUT2D eigenvalue weighted by molar-refractivity contribution is 7.15. The van der Waals surface area contributed by atoms with Crippen LogP contribution in [0.25, 0.3) is 16.2 Å². The maximum Gasteiger partial charge on any atom is 0.226 e. The van der Waals surface area contributed by atoms with Crippen LogP contribution in [0.3, 0.4) is 0 Å². The monoisotopic (exact) mass is 417 g/mol. The third-order valence-electron chi connectivity index (χ3n) is 4.26. The van der Waals surface area contributed by atoms with Crippen LogP contribution >= 0.6 is 11.3 Å². The SMILES string of the molecule is CCOc1ccc(-c2cn3c(CC(=O)NCC(OCC)OCC)csc3n2)cc1. The second-order valence-corrected chi connectivity index (χ2v) is 7.12. The molecule has 0 aliphatic rings. The minimum atomic E-state index is -0.420. The summed E-state index contributed by atoms with van der Waals surface area (Å²) in [6.07, 6.45) is 1.81. The van der Waals surface area contributed by atoms with E-state index in [-0.39, 0.29) is 12.3 Å². The number of nitrogens with zero attached hydrogens (tertiary/aromatic N) is 2. The summed E-state index contributed by atoms with van der Waals surface area (Å²) in [7, 11) is 0. The fourth-order valence-corrected chi connectivity index (χ4v) is 3.82. The summed E-state index contributed by atoms with van der Waals surface area (Å²) in [6, 6.07) is 7.86. The maximum absolute atomic E-state index is 12.4. The van der Waals surface area contributed by atoms with Gasteiger partial charge in [-0.3, -0.25) is 9.20 Å². The Morgan fingerprint density at radius 3 is 2.52 bits per heavy atom. The summed E-state index contributed by atoms with van der Waals surface area (Å²) in [4.78, 5) is 17.9. The number of carbonyl (C=O) groups excluding carboxylic acids is 1. The fraction of sp³-hybridized carbons (Fsp3) is 0.429. The number of nitrogens with one attached hydrogen (secondary N) is 1. The lowest BCUT2D eigenvalue weighted by molar-refractivity contribution is -0.140. The van der Waals surface area contributed by atoms with Crippen LogP contribution in [0.5, 0.6) is 5.75 Å². The van der Waals surface area contributed by atoms with Crippen LogP contribution in [0.15, 0.2) is 35.8 Å². The van der Waals surface area contributed by atoms with Gasteiger partial charge in [0.15, 0.2) is 11.3 Å². The average Bonchev–Trinajstić information content (AvgIpc) is 3.29.